The Morgan fingerprint density at radius 2 is 1.94 bits per heavy atom. The average Bonchev–Trinajstić information content (AvgIpc) is 2.35. The Hall–Kier alpha value is -2.27. The number of pyridine rings is 1. The van der Waals surface area contributed by atoms with Gasteiger partial charge in [-0.05, 0) is 30.3 Å². The lowest BCUT2D eigenvalue weighted by Crippen LogP contribution is -2.13. The number of nitrogens with one attached hydrogen (secondary N) is 1. The summed E-state index contributed by atoms with van der Waals surface area (Å²) >= 11 is 5.70. The zero-order valence-corrected chi connectivity index (χ0v) is 10.1. The molecular weight excluding hydrogens is 252 g/mol. The Morgan fingerprint density at radius 3 is 2.56 bits per heavy atom. The van der Waals surface area contributed by atoms with Crippen LogP contribution in [-0.4, -0.2) is 10.9 Å². The molecule has 5 N–H and O–H groups in total. The molecule has 2 aromatic rings. The van der Waals surface area contributed by atoms with Crippen LogP contribution < -0.4 is 16.8 Å². The van der Waals surface area contributed by atoms with E-state index in [-0.39, 0.29) is 5.91 Å². The summed E-state index contributed by atoms with van der Waals surface area (Å²) in [5.41, 5.74) is 12.4. The maximum absolute atomic E-state index is 11.9. The van der Waals surface area contributed by atoms with Crippen LogP contribution in [0.3, 0.4) is 0 Å². The number of nitrogens with two attached hydrogens (primary N) is 2. The summed E-state index contributed by atoms with van der Waals surface area (Å²) < 4.78 is 0. The molecule has 6 heteroatoms. The van der Waals surface area contributed by atoms with E-state index in [4.69, 9.17) is 23.1 Å². The van der Waals surface area contributed by atoms with E-state index in [1.807, 2.05) is 0 Å². The van der Waals surface area contributed by atoms with Crippen molar-refractivity contribution in [2.24, 2.45) is 0 Å². The standard InChI is InChI=1S/C12H11ClN4O/c13-8-2-4-11(16-6-8)17-12(18)7-1-3-9(14)10(15)5-7/h1-6H,14-15H2,(H,16,17,18). The van der Waals surface area contributed by atoms with Crippen molar-refractivity contribution in [1.29, 1.82) is 0 Å². The van der Waals surface area contributed by atoms with E-state index in [1.54, 1.807) is 24.3 Å². The number of carbonyl (C=O) groups is 1. The second-order valence-corrected chi connectivity index (χ2v) is 4.10. The quantitative estimate of drug-likeness (QED) is 0.723. The average molecular weight is 263 g/mol. The number of carbonyl (C=O) groups excluding carboxylic acids is 1. The van der Waals surface area contributed by atoms with E-state index in [0.29, 0.717) is 27.8 Å². The summed E-state index contributed by atoms with van der Waals surface area (Å²) in [4.78, 5) is 15.8. The third kappa shape index (κ3) is 2.70. The molecule has 1 heterocycles. The van der Waals surface area contributed by atoms with Crippen molar-refractivity contribution in [3.8, 4) is 0 Å². The van der Waals surface area contributed by atoms with Crippen molar-refractivity contribution in [2.75, 3.05) is 16.8 Å². The topological polar surface area (TPSA) is 94.0 Å². The van der Waals surface area contributed by atoms with Crippen LogP contribution in [0.2, 0.25) is 5.02 Å². The molecular formula is C12H11ClN4O. The minimum atomic E-state index is -0.309. The first kappa shape index (κ1) is 12.2. The van der Waals surface area contributed by atoms with Crippen molar-refractivity contribution < 1.29 is 4.79 Å². The number of anilines is 3. The summed E-state index contributed by atoms with van der Waals surface area (Å²) in [6.07, 6.45) is 1.45. The Bertz CT molecular complexity index is 583. The SMILES string of the molecule is Nc1ccc(C(=O)Nc2ccc(Cl)cn2)cc1N. The molecule has 0 unspecified atom stereocenters. The van der Waals surface area contributed by atoms with E-state index >= 15 is 0 Å². The van der Waals surface area contributed by atoms with Crippen LogP contribution in [0.15, 0.2) is 36.5 Å². The molecule has 0 spiro atoms. The second kappa shape index (κ2) is 4.93. The first-order valence-electron chi connectivity index (χ1n) is 5.14. The third-order valence-corrected chi connectivity index (χ3v) is 2.54. The highest BCUT2D eigenvalue weighted by Gasteiger charge is 2.08. The first-order valence-corrected chi connectivity index (χ1v) is 5.52. The van der Waals surface area contributed by atoms with Crippen LogP contribution in [0.25, 0.3) is 0 Å². The number of benzene rings is 1. The van der Waals surface area contributed by atoms with Gasteiger partial charge in [0.2, 0.25) is 0 Å². The molecule has 92 valence electrons. The number of nitrogens with zero attached hydrogens (tertiary/aromatic N) is 1. The molecule has 0 saturated heterocycles. The summed E-state index contributed by atoms with van der Waals surface area (Å²) in [6, 6.07) is 7.94. The number of hydrogen-bond donors (Lipinski definition) is 3. The Morgan fingerprint density at radius 1 is 1.17 bits per heavy atom. The van der Waals surface area contributed by atoms with E-state index in [1.165, 1.54) is 12.3 Å². The van der Waals surface area contributed by atoms with Gasteiger partial charge in [0, 0.05) is 11.8 Å². The van der Waals surface area contributed by atoms with Crippen LogP contribution in [-0.2, 0) is 0 Å². The van der Waals surface area contributed by atoms with Crippen LogP contribution in [0.1, 0.15) is 10.4 Å². The molecule has 2 rings (SSSR count). The summed E-state index contributed by atoms with van der Waals surface area (Å²) in [6.45, 7) is 0. The van der Waals surface area contributed by atoms with Gasteiger partial charge in [-0.2, -0.15) is 0 Å². The lowest BCUT2D eigenvalue weighted by molar-refractivity contribution is 0.102. The molecule has 0 aliphatic heterocycles. The van der Waals surface area contributed by atoms with Gasteiger partial charge in [0.25, 0.3) is 5.91 Å². The lowest BCUT2D eigenvalue weighted by atomic mass is 10.1. The maximum atomic E-state index is 11.9. The van der Waals surface area contributed by atoms with Crippen LogP contribution in [0.5, 0.6) is 0 Å². The molecule has 0 atom stereocenters. The first-order chi connectivity index (χ1) is 8.56. The molecule has 0 fully saturated rings. The Balaban J connectivity index is 2.16. The third-order valence-electron chi connectivity index (χ3n) is 2.32. The zero-order chi connectivity index (χ0) is 13.1. The smallest absolute Gasteiger partial charge is 0.256 e. The summed E-state index contributed by atoms with van der Waals surface area (Å²) in [7, 11) is 0. The van der Waals surface area contributed by atoms with E-state index < -0.39 is 0 Å². The number of nitrogen functional groups attached to an aromatic ring is 2. The number of rotatable bonds is 2. The predicted octanol–water partition coefficient (Wildman–Crippen LogP) is 2.15. The summed E-state index contributed by atoms with van der Waals surface area (Å²) in [5, 5.41) is 3.13. The van der Waals surface area contributed by atoms with Gasteiger partial charge in [-0.1, -0.05) is 11.6 Å². The molecule has 1 amide bonds. The maximum Gasteiger partial charge on any atom is 0.256 e. The molecule has 0 radical (unpaired) electrons. The monoisotopic (exact) mass is 262 g/mol. The van der Waals surface area contributed by atoms with Crippen LogP contribution in [0, 0.1) is 0 Å². The van der Waals surface area contributed by atoms with Crippen molar-refractivity contribution in [3.05, 3.63) is 47.1 Å². The normalized spacial score (nSPS) is 10.1. The molecule has 18 heavy (non-hydrogen) atoms. The van der Waals surface area contributed by atoms with Gasteiger partial charge in [-0.15, -0.1) is 0 Å². The Kier molecular flexibility index (Phi) is 3.34. The van der Waals surface area contributed by atoms with Crippen molar-refractivity contribution in [3.63, 3.8) is 0 Å². The number of hydrogen-bond acceptors (Lipinski definition) is 4. The van der Waals surface area contributed by atoms with Gasteiger partial charge in [-0.25, -0.2) is 4.98 Å². The lowest BCUT2D eigenvalue weighted by Gasteiger charge is -2.06. The molecule has 0 saturated carbocycles. The van der Waals surface area contributed by atoms with Gasteiger partial charge in [-0.3, -0.25) is 4.79 Å². The molecule has 5 nitrogen and oxygen atoms in total. The molecule has 1 aromatic heterocycles. The minimum Gasteiger partial charge on any atom is -0.397 e. The van der Waals surface area contributed by atoms with E-state index in [2.05, 4.69) is 10.3 Å². The van der Waals surface area contributed by atoms with Crippen molar-refractivity contribution >= 4 is 34.7 Å². The number of amides is 1. The molecule has 1 aromatic carbocycles. The van der Waals surface area contributed by atoms with Crippen molar-refractivity contribution in [1.82, 2.24) is 4.98 Å². The van der Waals surface area contributed by atoms with Crippen LogP contribution in [0.4, 0.5) is 17.2 Å². The molecule has 0 aliphatic carbocycles. The largest absolute Gasteiger partial charge is 0.397 e. The van der Waals surface area contributed by atoms with Crippen LogP contribution >= 0.6 is 11.6 Å². The number of aromatic nitrogens is 1. The predicted molar refractivity (Wildman–Crippen MR) is 72.5 cm³/mol. The fraction of sp³-hybridized carbons (Fsp3) is 0. The van der Waals surface area contributed by atoms with Gasteiger partial charge in [0.1, 0.15) is 5.82 Å². The van der Waals surface area contributed by atoms with Gasteiger partial charge < -0.3 is 16.8 Å². The molecule has 0 aliphatic rings. The highest BCUT2D eigenvalue weighted by molar-refractivity contribution is 6.30. The summed E-state index contributed by atoms with van der Waals surface area (Å²) in [5.74, 6) is 0.108. The van der Waals surface area contributed by atoms with Gasteiger partial charge in [0.15, 0.2) is 0 Å². The molecule has 0 bridgehead atoms. The van der Waals surface area contributed by atoms with E-state index in [0.717, 1.165) is 0 Å². The Labute approximate surface area is 109 Å². The second-order valence-electron chi connectivity index (χ2n) is 3.66. The van der Waals surface area contributed by atoms with Gasteiger partial charge in [0.05, 0.1) is 16.4 Å². The highest BCUT2D eigenvalue weighted by Crippen LogP contribution is 2.17. The fourth-order valence-electron chi connectivity index (χ4n) is 1.35. The van der Waals surface area contributed by atoms with E-state index in [9.17, 15) is 4.79 Å². The zero-order valence-electron chi connectivity index (χ0n) is 9.35. The fourth-order valence-corrected chi connectivity index (χ4v) is 1.47. The minimum absolute atomic E-state index is 0.309. The number of halogens is 1. The van der Waals surface area contributed by atoms with Crippen molar-refractivity contribution in [2.45, 2.75) is 0 Å². The van der Waals surface area contributed by atoms with Gasteiger partial charge >= 0.3 is 0 Å². The highest BCUT2D eigenvalue weighted by atomic mass is 35.5.